The Morgan fingerprint density at radius 2 is 2.08 bits per heavy atom. The van der Waals surface area contributed by atoms with E-state index in [9.17, 15) is 0 Å². The van der Waals surface area contributed by atoms with E-state index in [2.05, 4.69) is 32.1 Å². The second kappa shape index (κ2) is 2.35. The first-order valence-corrected chi connectivity index (χ1v) is 4.70. The molecule has 72 valence electrons. The van der Waals surface area contributed by atoms with E-state index in [1.165, 1.54) is 5.56 Å². The van der Waals surface area contributed by atoms with Gasteiger partial charge in [0.05, 0.1) is 5.69 Å². The van der Waals surface area contributed by atoms with Gasteiger partial charge in [-0.15, -0.1) is 0 Å². The summed E-state index contributed by atoms with van der Waals surface area (Å²) in [6, 6.07) is 0.301. The van der Waals surface area contributed by atoms with Crippen LogP contribution in [0.1, 0.15) is 31.0 Å². The Hall–Kier alpha value is -0.830. The van der Waals surface area contributed by atoms with Gasteiger partial charge in [0, 0.05) is 25.2 Å². The lowest BCUT2D eigenvalue weighted by Gasteiger charge is -1.99. The largest absolute Gasteiger partial charge is 0.327 e. The first kappa shape index (κ1) is 8.75. The van der Waals surface area contributed by atoms with Crippen LogP contribution in [0.2, 0.25) is 0 Å². The molecular formula is C10H17N3. The molecule has 0 unspecified atom stereocenters. The van der Waals surface area contributed by atoms with Crippen LogP contribution in [0, 0.1) is 12.3 Å². The molecule has 3 nitrogen and oxygen atoms in total. The first-order valence-electron chi connectivity index (χ1n) is 4.70. The van der Waals surface area contributed by atoms with Crippen molar-refractivity contribution in [2.45, 2.75) is 32.7 Å². The number of nitrogens with zero attached hydrogens (tertiary/aromatic N) is 2. The summed E-state index contributed by atoms with van der Waals surface area (Å²) in [6.45, 7) is 6.49. The van der Waals surface area contributed by atoms with Crippen molar-refractivity contribution in [3.63, 3.8) is 0 Å². The minimum atomic E-state index is 0.258. The van der Waals surface area contributed by atoms with Crippen molar-refractivity contribution in [3.05, 3.63) is 17.5 Å². The second-order valence-electron chi connectivity index (χ2n) is 4.67. The molecule has 1 aliphatic rings. The van der Waals surface area contributed by atoms with E-state index >= 15 is 0 Å². The summed E-state index contributed by atoms with van der Waals surface area (Å²) in [5.41, 5.74) is 8.71. The molecule has 2 N–H and O–H groups in total. The lowest BCUT2D eigenvalue weighted by atomic mass is 10.0. The third-order valence-corrected chi connectivity index (χ3v) is 3.30. The predicted octanol–water partition coefficient (Wildman–Crippen LogP) is 1.18. The van der Waals surface area contributed by atoms with Crippen molar-refractivity contribution in [3.8, 4) is 0 Å². The lowest BCUT2D eigenvalue weighted by molar-refractivity contribution is 0.598. The maximum Gasteiger partial charge on any atom is 0.0629 e. The molecule has 0 spiro atoms. The predicted molar refractivity (Wildman–Crippen MR) is 52.4 cm³/mol. The molecule has 2 rings (SSSR count). The molecule has 0 aromatic carbocycles. The molecule has 0 saturated heterocycles. The van der Waals surface area contributed by atoms with Gasteiger partial charge < -0.3 is 5.73 Å². The Labute approximate surface area is 78.9 Å². The minimum Gasteiger partial charge on any atom is -0.327 e. The molecular weight excluding hydrogens is 162 g/mol. The Morgan fingerprint density at radius 3 is 2.38 bits per heavy atom. The fourth-order valence-electron chi connectivity index (χ4n) is 2.20. The van der Waals surface area contributed by atoms with Crippen LogP contribution in [0.3, 0.4) is 0 Å². The Morgan fingerprint density at radius 1 is 1.54 bits per heavy atom. The van der Waals surface area contributed by atoms with E-state index in [0.717, 1.165) is 5.69 Å². The molecule has 1 aromatic rings. The number of aryl methyl sites for hydroxylation is 2. The van der Waals surface area contributed by atoms with Gasteiger partial charge in [-0.1, -0.05) is 13.8 Å². The fraction of sp³-hybridized carbons (Fsp3) is 0.700. The average molecular weight is 179 g/mol. The topological polar surface area (TPSA) is 43.8 Å². The molecule has 1 saturated carbocycles. The van der Waals surface area contributed by atoms with Crippen molar-refractivity contribution < 1.29 is 0 Å². The molecule has 0 aliphatic heterocycles. The van der Waals surface area contributed by atoms with Crippen molar-refractivity contribution in [1.29, 1.82) is 0 Å². The van der Waals surface area contributed by atoms with E-state index < -0.39 is 0 Å². The number of aromatic nitrogens is 2. The molecule has 1 aliphatic carbocycles. The third kappa shape index (κ3) is 1.10. The summed E-state index contributed by atoms with van der Waals surface area (Å²) in [5, 5.41) is 4.33. The molecule has 2 atom stereocenters. The Bertz CT molecular complexity index is 338. The first-order chi connectivity index (χ1) is 5.94. The van der Waals surface area contributed by atoms with Gasteiger partial charge in [-0.25, -0.2) is 0 Å². The van der Waals surface area contributed by atoms with Gasteiger partial charge in [0.2, 0.25) is 0 Å². The molecule has 13 heavy (non-hydrogen) atoms. The Balaban J connectivity index is 2.34. The summed E-state index contributed by atoms with van der Waals surface area (Å²) >= 11 is 0. The molecule has 0 amide bonds. The minimum absolute atomic E-state index is 0.258. The lowest BCUT2D eigenvalue weighted by Crippen LogP contribution is -2.06. The highest BCUT2D eigenvalue weighted by Gasteiger charge is 2.57. The van der Waals surface area contributed by atoms with E-state index in [4.69, 9.17) is 5.73 Å². The molecule has 3 heteroatoms. The van der Waals surface area contributed by atoms with Crippen LogP contribution in [-0.4, -0.2) is 15.8 Å². The van der Waals surface area contributed by atoms with Crippen molar-refractivity contribution in [2.75, 3.05) is 0 Å². The van der Waals surface area contributed by atoms with Crippen LogP contribution < -0.4 is 5.73 Å². The van der Waals surface area contributed by atoms with E-state index in [0.29, 0.717) is 12.0 Å². The number of rotatable bonds is 1. The smallest absolute Gasteiger partial charge is 0.0629 e. The summed E-state index contributed by atoms with van der Waals surface area (Å²) in [5.74, 6) is 0.501. The molecule has 1 aromatic heterocycles. The summed E-state index contributed by atoms with van der Waals surface area (Å²) in [7, 11) is 1.96. The van der Waals surface area contributed by atoms with Crippen LogP contribution in [0.15, 0.2) is 6.20 Å². The highest BCUT2D eigenvalue weighted by atomic mass is 15.3. The van der Waals surface area contributed by atoms with Gasteiger partial charge >= 0.3 is 0 Å². The molecule has 0 radical (unpaired) electrons. The van der Waals surface area contributed by atoms with Gasteiger partial charge in [0.1, 0.15) is 0 Å². The average Bonchev–Trinajstić information content (AvgIpc) is 2.36. The van der Waals surface area contributed by atoms with Crippen LogP contribution in [0.4, 0.5) is 0 Å². The van der Waals surface area contributed by atoms with Crippen molar-refractivity contribution in [2.24, 2.45) is 18.2 Å². The number of nitrogens with two attached hydrogens (primary N) is 1. The van der Waals surface area contributed by atoms with Crippen LogP contribution in [-0.2, 0) is 7.05 Å². The van der Waals surface area contributed by atoms with Crippen LogP contribution >= 0.6 is 0 Å². The summed E-state index contributed by atoms with van der Waals surface area (Å²) in [4.78, 5) is 0. The standard InChI is InChI=1S/C10H17N3/c1-6-7(5-13(4)12-6)8-9(11)10(8,2)3/h5,8-9H,11H2,1-4H3/t8-,9-/m1/s1. The van der Waals surface area contributed by atoms with E-state index in [1.807, 2.05) is 11.7 Å². The number of hydrogen-bond donors (Lipinski definition) is 1. The van der Waals surface area contributed by atoms with Crippen LogP contribution in [0.5, 0.6) is 0 Å². The van der Waals surface area contributed by atoms with Crippen LogP contribution in [0.25, 0.3) is 0 Å². The zero-order chi connectivity index (χ0) is 9.80. The highest BCUT2D eigenvalue weighted by Crippen LogP contribution is 2.57. The van der Waals surface area contributed by atoms with Gasteiger partial charge in [0.25, 0.3) is 0 Å². The maximum absolute atomic E-state index is 6.02. The zero-order valence-corrected chi connectivity index (χ0v) is 8.70. The molecule has 0 bridgehead atoms. The van der Waals surface area contributed by atoms with Gasteiger partial charge in [-0.2, -0.15) is 5.10 Å². The van der Waals surface area contributed by atoms with Crippen molar-refractivity contribution in [1.82, 2.24) is 9.78 Å². The second-order valence-corrected chi connectivity index (χ2v) is 4.67. The highest BCUT2D eigenvalue weighted by molar-refractivity contribution is 5.35. The normalized spacial score (nSPS) is 30.5. The van der Waals surface area contributed by atoms with Gasteiger partial charge in [-0.3, -0.25) is 4.68 Å². The SMILES string of the molecule is Cc1nn(C)cc1[C@@H]1[C@@H](N)C1(C)C. The summed E-state index contributed by atoms with van der Waals surface area (Å²) in [6.07, 6.45) is 2.09. The van der Waals surface area contributed by atoms with Gasteiger partial charge in [0.15, 0.2) is 0 Å². The molecule has 1 heterocycles. The fourth-order valence-corrected chi connectivity index (χ4v) is 2.20. The van der Waals surface area contributed by atoms with Gasteiger partial charge in [-0.05, 0) is 17.9 Å². The van der Waals surface area contributed by atoms with E-state index in [-0.39, 0.29) is 5.41 Å². The number of hydrogen-bond acceptors (Lipinski definition) is 2. The zero-order valence-electron chi connectivity index (χ0n) is 8.70. The van der Waals surface area contributed by atoms with E-state index in [1.54, 1.807) is 0 Å². The quantitative estimate of drug-likeness (QED) is 0.703. The maximum atomic E-state index is 6.02. The summed E-state index contributed by atoms with van der Waals surface area (Å²) < 4.78 is 1.87. The van der Waals surface area contributed by atoms with Crippen molar-refractivity contribution >= 4 is 0 Å². The monoisotopic (exact) mass is 179 g/mol. The molecule has 1 fully saturated rings. The third-order valence-electron chi connectivity index (χ3n) is 3.30. The Kier molecular flexibility index (Phi) is 1.58.